The molecule has 0 aromatic carbocycles. The van der Waals surface area contributed by atoms with Crippen molar-refractivity contribution in [3.63, 3.8) is 0 Å². The number of hydrogen-bond acceptors (Lipinski definition) is 3. The van der Waals surface area contributed by atoms with Crippen LogP contribution in [-0.2, 0) is 6.42 Å². The van der Waals surface area contributed by atoms with Crippen LogP contribution in [0.1, 0.15) is 44.6 Å². The molecule has 1 fully saturated rings. The van der Waals surface area contributed by atoms with Gasteiger partial charge in [-0.3, -0.25) is 16.3 Å². The molecule has 3 heteroatoms. The number of aryl methyl sites for hydroxylation is 1. The zero-order chi connectivity index (χ0) is 12.8. The molecule has 1 atom stereocenters. The quantitative estimate of drug-likeness (QED) is 0.621. The first kappa shape index (κ1) is 13.5. The van der Waals surface area contributed by atoms with Crippen molar-refractivity contribution in [2.75, 3.05) is 0 Å². The average molecular weight is 247 g/mol. The van der Waals surface area contributed by atoms with Gasteiger partial charge in [0.15, 0.2) is 0 Å². The lowest BCUT2D eigenvalue weighted by Gasteiger charge is -2.32. The van der Waals surface area contributed by atoms with Crippen LogP contribution >= 0.6 is 0 Å². The van der Waals surface area contributed by atoms with Crippen LogP contribution in [0.4, 0.5) is 0 Å². The zero-order valence-corrected chi connectivity index (χ0v) is 11.3. The van der Waals surface area contributed by atoms with E-state index in [-0.39, 0.29) is 0 Å². The number of rotatable bonds is 5. The average Bonchev–Trinajstić information content (AvgIpc) is 2.42. The predicted molar refractivity (Wildman–Crippen MR) is 74.8 cm³/mol. The highest BCUT2D eigenvalue weighted by Crippen LogP contribution is 2.31. The number of aromatic nitrogens is 1. The third-order valence-corrected chi connectivity index (χ3v) is 4.34. The van der Waals surface area contributed by atoms with Gasteiger partial charge >= 0.3 is 0 Å². The third kappa shape index (κ3) is 3.79. The molecule has 1 aromatic heterocycles. The number of nitrogens with zero attached hydrogens (tertiary/aromatic N) is 1. The number of pyridine rings is 1. The Hall–Kier alpha value is -0.930. The van der Waals surface area contributed by atoms with Gasteiger partial charge in [-0.2, -0.15) is 0 Å². The fourth-order valence-electron chi connectivity index (χ4n) is 3.01. The van der Waals surface area contributed by atoms with Gasteiger partial charge in [-0.05, 0) is 55.2 Å². The van der Waals surface area contributed by atoms with Gasteiger partial charge in [-0.25, -0.2) is 0 Å². The molecule has 2 rings (SSSR count). The van der Waals surface area contributed by atoms with Crippen molar-refractivity contribution in [2.45, 2.75) is 51.5 Å². The van der Waals surface area contributed by atoms with Crippen LogP contribution in [0.2, 0.25) is 0 Å². The van der Waals surface area contributed by atoms with Crippen LogP contribution in [0.3, 0.4) is 0 Å². The lowest BCUT2D eigenvalue weighted by atomic mass is 9.78. The van der Waals surface area contributed by atoms with E-state index in [1.807, 2.05) is 12.4 Å². The zero-order valence-electron chi connectivity index (χ0n) is 11.3. The van der Waals surface area contributed by atoms with Crippen LogP contribution in [-0.4, -0.2) is 11.0 Å². The summed E-state index contributed by atoms with van der Waals surface area (Å²) in [5.41, 5.74) is 4.40. The van der Waals surface area contributed by atoms with Crippen LogP contribution in [0, 0.1) is 11.8 Å². The minimum atomic E-state index is 0.464. The van der Waals surface area contributed by atoms with E-state index in [0.29, 0.717) is 6.04 Å². The van der Waals surface area contributed by atoms with Crippen LogP contribution in [0.25, 0.3) is 0 Å². The van der Waals surface area contributed by atoms with Crippen molar-refractivity contribution < 1.29 is 0 Å². The van der Waals surface area contributed by atoms with E-state index in [0.717, 1.165) is 24.7 Å². The van der Waals surface area contributed by atoms with Crippen LogP contribution < -0.4 is 11.3 Å². The van der Waals surface area contributed by atoms with Gasteiger partial charge in [0.25, 0.3) is 0 Å². The Labute approximate surface area is 110 Å². The summed E-state index contributed by atoms with van der Waals surface area (Å²) in [4.78, 5) is 4.05. The van der Waals surface area contributed by atoms with Crippen molar-refractivity contribution in [3.05, 3.63) is 30.1 Å². The van der Waals surface area contributed by atoms with E-state index >= 15 is 0 Å². The lowest BCUT2D eigenvalue weighted by Crippen LogP contribution is -2.42. The van der Waals surface area contributed by atoms with E-state index in [9.17, 15) is 0 Å². The van der Waals surface area contributed by atoms with Gasteiger partial charge in [0.2, 0.25) is 0 Å². The van der Waals surface area contributed by atoms with Gasteiger partial charge in [-0.1, -0.05) is 19.8 Å². The summed E-state index contributed by atoms with van der Waals surface area (Å²) in [6.45, 7) is 2.36. The Morgan fingerprint density at radius 1 is 1.28 bits per heavy atom. The summed E-state index contributed by atoms with van der Waals surface area (Å²) in [5.74, 6) is 7.40. The summed E-state index contributed by atoms with van der Waals surface area (Å²) in [7, 11) is 0. The molecular formula is C15H25N3. The molecule has 0 amide bonds. The first-order chi connectivity index (χ1) is 8.79. The van der Waals surface area contributed by atoms with Crippen molar-refractivity contribution in [1.82, 2.24) is 10.4 Å². The molecule has 1 heterocycles. The molecule has 1 aromatic rings. The van der Waals surface area contributed by atoms with E-state index in [1.54, 1.807) is 0 Å². The maximum atomic E-state index is 5.74. The Kier molecular flexibility index (Phi) is 5.14. The summed E-state index contributed by atoms with van der Waals surface area (Å²) in [6.07, 6.45) is 11.3. The number of nitrogens with one attached hydrogen (secondary N) is 1. The highest BCUT2D eigenvalue weighted by atomic mass is 15.2. The second-order valence-corrected chi connectivity index (χ2v) is 5.69. The highest BCUT2D eigenvalue weighted by Gasteiger charge is 2.24. The van der Waals surface area contributed by atoms with E-state index in [1.165, 1.54) is 31.2 Å². The molecule has 0 spiro atoms. The normalized spacial score (nSPS) is 25.9. The number of hydrazine groups is 1. The minimum absolute atomic E-state index is 0.464. The van der Waals surface area contributed by atoms with Crippen LogP contribution in [0.15, 0.2) is 24.5 Å². The molecule has 3 N–H and O–H groups in total. The second-order valence-electron chi connectivity index (χ2n) is 5.69. The lowest BCUT2D eigenvalue weighted by molar-refractivity contribution is 0.223. The fourth-order valence-corrected chi connectivity index (χ4v) is 3.01. The standard InChI is InChI=1S/C15H25N3/c1-12-2-5-14(6-3-12)15(18-16)7-4-13-8-10-17-11-9-13/h8-12,14-15,18H,2-7,16H2,1H3. The molecule has 1 aliphatic rings. The van der Waals surface area contributed by atoms with Crippen molar-refractivity contribution in [3.8, 4) is 0 Å². The molecule has 0 saturated heterocycles. The Balaban J connectivity index is 1.82. The Morgan fingerprint density at radius 2 is 1.94 bits per heavy atom. The molecule has 0 radical (unpaired) electrons. The molecule has 1 saturated carbocycles. The Morgan fingerprint density at radius 3 is 2.56 bits per heavy atom. The van der Waals surface area contributed by atoms with E-state index in [2.05, 4.69) is 29.5 Å². The van der Waals surface area contributed by atoms with Crippen molar-refractivity contribution >= 4 is 0 Å². The second kappa shape index (κ2) is 6.86. The summed E-state index contributed by atoms with van der Waals surface area (Å²) >= 11 is 0. The monoisotopic (exact) mass is 247 g/mol. The van der Waals surface area contributed by atoms with Gasteiger partial charge in [0, 0.05) is 18.4 Å². The first-order valence-electron chi connectivity index (χ1n) is 7.14. The van der Waals surface area contributed by atoms with E-state index < -0.39 is 0 Å². The first-order valence-corrected chi connectivity index (χ1v) is 7.14. The summed E-state index contributed by atoms with van der Waals surface area (Å²) < 4.78 is 0. The fraction of sp³-hybridized carbons (Fsp3) is 0.667. The maximum absolute atomic E-state index is 5.74. The maximum Gasteiger partial charge on any atom is 0.0270 e. The van der Waals surface area contributed by atoms with E-state index in [4.69, 9.17) is 5.84 Å². The number of nitrogens with two attached hydrogens (primary N) is 1. The molecule has 18 heavy (non-hydrogen) atoms. The molecule has 3 nitrogen and oxygen atoms in total. The highest BCUT2D eigenvalue weighted by molar-refractivity contribution is 5.09. The summed E-state index contributed by atoms with van der Waals surface area (Å²) in [5, 5.41) is 0. The minimum Gasteiger partial charge on any atom is -0.271 e. The smallest absolute Gasteiger partial charge is 0.0270 e. The summed E-state index contributed by atoms with van der Waals surface area (Å²) in [6, 6.07) is 4.65. The van der Waals surface area contributed by atoms with Gasteiger partial charge in [0.05, 0.1) is 0 Å². The molecule has 1 aliphatic carbocycles. The SMILES string of the molecule is CC1CCC(C(CCc2ccncc2)NN)CC1. The van der Waals surface area contributed by atoms with Crippen molar-refractivity contribution in [1.29, 1.82) is 0 Å². The van der Waals surface area contributed by atoms with Crippen molar-refractivity contribution in [2.24, 2.45) is 17.7 Å². The van der Waals surface area contributed by atoms with Gasteiger partial charge < -0.3 is 0 Å². The molecule has 0 aliphatic heterocycles. The largest absolute Gasteiger partial charge is 0.271 e. The number of hydrogen-bond donors (Lipinski definition) is 2. The van der Waals surface area contributed by atoms with Gasteiger partial charge in [0.1, 0.15) is 0 Å². The molecule has 100 valence electrons. The molecule has 1 unspecified atom stereocenters. The predicted octanol–water partition coefficient (Wildman–Crippen LogP) is 2.67. The third-order valence-electron chi connectivity index (χ3n) is 4.34. The molecular weight excluding hydrogens is 222 g/mol. The van der Waals surface area contributed by atoms with Gasteiger partial charge in [-0.15, -0.1) is 0 Å². The molecule has 0 bridgehead atoms. The Bertz CT molecular complexity index is 331. The van der Waals surface area contributed by atoms with Crippen LogP contribution in [0.5, 0.6) is 0 Å². The topological polar surface area (TPSA) is 50.9 Å².